The molecule has 2 heterocycles. The van der Waals surface area contributed by atoms with Crippen LogP contribution in [0.4, 0.5) is 0 Å². The van der Waals surface area contributed by atoms with Gasteiger partial charge in [0.15, 0.2) is 0 Å². The van der Waals surface area contributed by atoms with Gasteiger partial charge < -0.3 is 9.80 Å². The lowest BCUT2D eigenvalue weighted by atomic mass is 10.2. The molecule has 1 saturated heterocycles. The summed E-state index contributed by atoms with van der Waals surface area (Å²) in [5.41, 5.74) is 0.675. The number of amides is 1. The van der Waals surface area contributed by atoms with Crippen LogP contribution in [0.15, 0.2) is 17.2 Å². The van der Waals surface area contributed by atoms with Crippen LogP contribution in [0.1, 0.15) is 32.4 Å². The molecule has 1 fully saturated rings. The molecule has 1 aliphatic rings. The third-order valence-corrected chi connectivity index (χ3v) is 4.20. The third kappa shape index (κ3) is 4.40. The number of carbonyl (C=O) groups is 1. The van der Waals surface area contributed by atoms with Crippen molar-refractivity contribution in [3.8, 4) is 0 Å². The van der Waals surface area contributed by atoms with Crippen molar-refractivity contribution in [3.63, 3.8) is 0 Å². The summed E-state index contributed by atoms with van der Waals surface area (Å²) in [5.74, 6) is 0.000890. The maximum atomic E-state index is 12.3. The minimum Gasteiger partial charge on any atom is -0.339 e. The summed E-state index contributed by atoms with van der Waals surface area (Å²) in [4.78, 5) is 32.8. The van der Waals surface area contributed by atoms with E-state index in [4.69, 9.17) is 0 Å². The summed E-state index contributed by atoms with van der Waals surface area (Å²) in [7, 11) is 0. The van der Waals surface area contributed by atoms with Crippen LogP contribution in [-0.2, 0) is 17.8 Å². The van der Waals surface area contributed by atoms with Crippen molar-refractivity contribution in [2.45, 2.75) is 39.7 Å². The number of likely N-dealkylation sites (N-methyl/N-ethyl adjacent to an activating group) is 1. The molecule has 0 saturated carbocycles. The monoisotopic (exact) mass is 306 g/mol. The molecule has 0 N–H and O–H groups in total. The first-order valence-corrected chi connectivity index (χ1v) is 8.19. The molecule has 0 aliphatic carbocycles. The van der Waals surface area contributed by atoms with Crippen molar-refractivity contribution in [1.29, 1.82) is 0 Å². The molecule has 6 heteroatoms. The molecule has 1 aromatic heterocycles. The standard InChI is InChI=1S/C16H26N4O2/c1-3-5-6-14-11-15(21)20(13-17-14)12-16(22)19-9-7-18(4-2)8-10-19/h11,13H,3-10,12H2,1-2H3. The van der Waals surface area contributed by atoms with Crippen LogP contribution in [0.3, 0.4) is 0 Å². The summed E-state index contributed by atoms with van der Waals surface area (Å²) in [5, 5.41) is 0. The number of piperazine rings is 1. The maximum absolute atomic E-state index is 12.3. The van der Waals surface area contributed by atoms with Gasteiger partial charge in [0.1, 0.15) is 6.54 Å². The van der Waals surface area contributed by atoms with Gasteiger partial charge in [-0.05, 0) is 19.4 Å². The highest BCUT2D eigenvalue weighted by molar-refractivity contribution is 5.76. The lowest BCUT2D eigenvalue weighted by Crippen LogP contribution is -2.49. The van der Waals surface area contributed by atoms with E-state index >= 15 is 0 Å². The number of rotatable bonds is 6. The maximum Gasteiger partial charge on any atom is 0.253 e. The van der Waals surface area contributed by atoms with E-state index in [1.165, 1.54) is 10.9 Å². The third-order valence-electron chi connectivity index (χ3n) is 4.20. The molecular formula is C16H26N4O2. The van der Waals surface area contributed by atoms with Gasteiger partial charge in [0.2, 0.25) is 5.91 Å². The normalized spacial score (nSPS) is 16.0. The molecule has 0 atom stereocenters. The van der Waals surface area contributed by atoms with Crippen LogP contribution in [0, 0.1) is 0 Å². The van der Waals surface area contributed by atoms with Gasteiger partial charge in [-0.25, -0.2) is 4.98 Å². The van der Waals surface area contributed by atoms with E-state index in [-0.39, 0.29) is 18.0 Å². The Morgan fingerprint density at radius 2 is 1.95 bits per heavy atom. The van der Waals surface area contributed by atoms with E-state index in [1.807, 2.05) is 4.90 Å². The average molecular weight is 306 g/mol. The summed E-state index contributed by atoms with van der Waals surface area (Å²) < 4.78 is 1.41. The smallest absolute Gasteiger partial charge is 0.253 e. The highest BCUT2D eigenvalue weighted by atomic mass is 16.2. The fourth-order valence-corrected chi connectivity index (χ4v) is 2.64. The van der Waals surface area contributed by atoms with Crippen LogP contribution < -0.4 is 5.56 Å². The van der Waals surface area contributed by atoms with Crippen molar-refractivity contribution < 1.29 is 4.79 Å². The molecule has 1 amide bonds. The largest absolute Gasteiger partial charge is 0.339 e. The average Bonchev–Trinajstić information content (AvgIpc) is 2.55. The van der Waals surface area contributed by atoms with Gasteiger partial charge in [-0.15, -0.1) is 0 Å². The highest BCUT2D eigenvalue weighted by Crippen LogP contribution is 2.03. The summed E-state index contributed by atoms with van der Waals surface area (Å²) >= 11 is 0. The number of nitrogens with zero attached hydrogens (tertiary/aromatic N) is 4. The molecule has 2 rings (SSSR count). The van der Waals surface area contributed by atoms with E-state index in [0.717, 1.165) is 57.7 Å². The van der Waals surface area contributed by atoms with Crippen molar-refractivity contribution in [3.05, 3.63) is 28.4 Å². The number of aryl methyl sites for hydroxylation is 1. The second-order valence-corrected chi connectivity index (χ2v) is 5.76. The first-order chi connectivity index (χ1) is 10.6. The Bertz CT molecular complexity index is 547. The first kappa shape index (κ1) is 16.7. The van der Waals surface area contributed by atoms with Crippen molar-refractivity contribution in [2.75, 3.05) is 32.7 Å². The second kappa shape index (κ2) is 8.08. The highest BCUT2D eigenvalue weighted by Gasteiger charge is 2.20. The number of unbranched alkanes of at least 4 members (excludes halogenated alkanes) is 1. The summed E-state index contributed by atoms with van der Waals surface area (Å²) in [6.45, 7) is 8.64. The minimum absolute atomic E-state index is 0.000890. The van der Waals surface area contributed by atoms with Crippen molar-refractivity contribution in [1.82, 2.24) is 19.4 Å². The zero-order chi connectivity index (χ0) is 15.9. The number of hydrogen-bond donors (Lipinski definition) is 0. The fraction of sp³-hybridized carbons (Fsp3) is 0.688. The van der Waals surface area contributed by atoms with E-state index in [0.29, 0.717) is 0 Å². The first-order valence-electron chi connectivity index (χ1n) is 8.19. The molecule has 6 nitrogen and oxygen atoms in total. The molecule has 0 bridgehead atoms. The second-order valence-electron chi connectivity index (χ2n) is 5.76. The van der Waals surface area contributed by atoms with E-state index in [2.05, 4.69) is 23.7 Å². The molecule has 122 valence electrons. The van der Waals surface area contributed by atoms with Gasteiger partial charge in [0.25, 0.3) is 5.56 Å². The van der Waals surface area contributed by atoms with E-state index in [1.54, 1.807) is 6.07 Å². The SMILES string of the molecule is CCCCc1cc(=O)n(CC(=O)N2CCN(CC)CC2)cn1. The van der Waals surface area contributed by atoms with E-state index in [9.17, 15) is 9.59 Å². The van der Waals surface area contributed by atoms with Gasteiger partial charge in [-0.2, -0.15) is 0 Å². The Kier molecular flexibility index (Phi) is 6.12. The fourth-order valence-electron chi connectivity index (χ4n) is 2.64. The number of carbonyl (C=O) groups excluding carboxylic acids is 1. The van der Waals surface area contributed by atoms with Crippen LogP contribution in [0.2, 0.25) is 0 Å². The molecule has 22 heavy (non-hydrogen) atoms. The number of hydrogen-bond acceptors (Lipinski definition) is 4. The summed E-state index contributed by atoms with van der Waals surface area (Å²) in [6.07, 6.45) is 4.43. The molecule has 1 aromatic rings. The lowest BCUT2D eigenvalue weighted by Gasteiger charge is -2.34. The quantitative estimate of drug-likeness (QED) is 0.778. The molecular weight excluding hydrogens is 280 g/mol. The van der Waals surface area contributed by atoms with Crippen LogP contribution in [0.5, 0.6) is 0 Å². The molecule has 0 spiro atoms. The van der Waals surface area contributed by atoms with Crippen LogP contribution in [0.25, 0.3) is 0 Å². The van der Waals surface area contributed by atoms with Crippen LogP contribution >= 0.6 is 0 Å². The Morgan fingerprint density at radius 1 is 1.23 bits per heavy atom. The Labute approximate surface area is 131 Å². The Balaban J connectivity index is 1.93. The van der Waals surface area contributed by atoms with Crippen molar-refractivity contribution in [2.24, 2.45) is 0 Å². The van der Waals surface area contributed by atoms with Gasteiger partial charge in [-0.1, -0.05) is 20.3 Å². The zero-order valence-corrected chi connectivity index (χ0v) is 13.6. The molecule has 0 radical (unpaired) electrons. The number of aromatic nitrogens is 2. The Hall–Kier alpha value is -1.69. The molecule has 0 aromatic carbocycles. The van der Waals surface area contributed by atoms with Gasteiger partial charge in [0.05, 0.1) is 6.33 Å². The topological polar surface area (TPSA) is 58.4 Å². The summed E-state index contributed by atoms with van der Waals surface area (Å²) in [6, 6.07) is 1.55. The predicted molar refractivity (Wildman–Crippen MR) is 85.8 cm³/mol. The van der Waals surface area contributed by atoms with Gasteiger partial charge in [-0.3, -0.25) is 14.2 Å². The molecule has 0 unspecified atom stereocenters. The predicted octanol–water partition coefficient (Wildman–Crippen LogP) is 0.750. The molecule has 1 aliphatic heterocycles. The minimum atomic E-state index is -0.137. The lowest BCUT2D eigenvalue weighted by molar-refractivity contribution is -0.133. The van der Waals surface area contributed by atoms with Gasteiger partial charge >= 0.3 is 0 Å². The van der Waals surface area contributed by atoms with Crippen molar-refractivity contribution >= 4 is 5.91 Å². The Morgan fingerprint density at radius 3 is 2.55 bits per heavy atom. The van der Waals surface area contributed by atoms with Gasteiger partial charge in [0, 0.05) is 37.9 Å². The van der Waals surface area contributed by atoms with Crippen LogP contribution in [-0.4, -0.2) is 58.0 Å². The zero-order valence-electron chi connectivity index (χ0n) is 13.6. The van der Waals surface area contributed by atoms with E-state index < -0.39 is 0 Å².